The average Bonchev–Trinajstić information content (AvgIpc) is 2.41. The normalized spacial score (nSPS) is 17.4. The Hall–Kier alpha value is -1.62. The minimum Gasteiger partial charge on any atom is -0.465 e. The average molecular weight is 249 g/mol. The number of esters is 1. The van der Waals surface area contributed by atoms with Gasteiger partial charge in [-0.2, -0.15) is 0 Å². The molecule has 0 unspecified atom stereocenters. The van der Waals surface area contributed by atoms with E-state index in [-0.39, 0.29) is 5.97 Å². The Bertz CT molecular complexity index is 414. The smallest absolute Gasteiger partial charge is 0.341 e. The molecule has 1 aliphatic heterocycles. The first kappa shape index (κ1) is 12.8. The van der Waals surface area contributed by atoms with E-state index in [2.05, 4.69) is 22.2 Å². The second-order valence-corrected chi connectivity index (χ2v) is 4.61. The molecule has 98 valence electrons. The Morgan fingerprint density at radius 1 is 1.50 bits per heavy atom. The number of rotatable bonds is 3. The Morgan fingerprint density at radius 2 is 2.22 bits per heavy atom. The van der Waals surface area contributed by atoms with Gasteiger partial charge < -0.3 is 15.0 Å². The molecule has 1 saturated heterocycles. The zero-order valence-corrected chi connectivity index (χ0v) is 10.8. The van der Waals surface area contributed by atoms with Crippen molar-refractivity contribution in [3.05, 3.63) is 23.9 Å². The summed E-state index contributed by atoms with van der Waals surface area (Å²) in [5, 5.41) is 3.35. The molecule has 1 fully saturated rings. The second kappa shape index (κ2) is 5.82. The van der Waals surface area contributed by atoms with E-state index in [0.717, 1.165) is 25.9 Å². The summed E-state index contributed by atoms with van der Waals surface area (Å²) in [6.45, 7) is 2.14. The van der Waals surface area contributed by atoms with Crippen LogP contribution in [0, 0.1) is 0 Å². The number of ether oxygens (including phenoxy) is 1. The van der Waals surface area contributed by atoms with E-state index < -0.39 is 0 Å². The maximum absolute atomic E-state index is 11.6. The summed E-state index contributed by atoms with van der Waals surface area (Å²) in [6.07, 6.45) is 3.81. The van der Waals surface area contributed by atoms with Crippen LogP contribution >= 0.6 is 0 Å². The molecule has 0 atom stereocenters. The van der Waals surface area contributed by atoms with Crippen molar-refractivity contribution in [1.82, 2.24) is 9.88 Å². The number of methoxy groups -OCH3 is 1. The predicted octanol–water partition coefficient (Wildman–Crippen LogP) is 1.37. The summed E-state index contributed by atoms with van der Waals surface area (Å²) in [7, 11) is 3.51. The number of piperidine rings is 1. The molecule has 2 heterocycles. The van der Waals surface area contributed by atoms with Crippen LogP contribution in [0.2, 0.25) is 0 Å². The van der Waals surface area contributed by atoms with Crippen molar-refractivity contribution in [3.63, 3.8) is 0 Å². The van der Waals surface area contributed by atoms with Gasteiger partial charge in [-0.1, -0.05) is 0 Å². The van der Waals surface area contributed by atoms with Crippen molar-refractivity contribution < 1.29 is 9.53 Å². The van der Waals surface area contributed by atoms with Crippen LogP contribution in [0.15, 0.2) is 18.3 Å². The predicted molar refractivity (Wildman–Crippen MR) is 69.7 cm³/mol. The third-order valence-corrected chi connectivity index (χ3v) is 3.27. The Kier molecular flexibility index (Phi) is 4.15. The highest BCUT2D eigenvalue weighted by Crippen LogP contribution is 2.18. The van der Waals surface area contributed by atoms with Crippen molar-refractivity contribution in [2.75, 3.05) is 32.6 Å². The number of carbonyl (C=O) groups excluding carboxylic acids is 1. The van der Waals surface area contributed by atoms with Gasteiger partial charge >= 0.3 is 5.97 Å². The molecule has 5 nitrogen and oxygen atoms in total. The zero-order valence-electron chi connectivity index (χ0n) is 10.8. The van der Waals surface area contributed by atoms with Gasteiger partial charge in [-0.05, 0) is 45.1 Å². The first-order valence-electron chi connectivity index (χ1n) is 6.19. The lowest BCUT2D eigenvalue weighted by molar-refractivity contribution is 0.0601. The highest BCUT2D eigenvalue weighted by atomic mass is 16.5. The van der Waals surface area contributed by atoms with Crippen LogP contribution in [0.1, 0.15) is 23.2 Å². The summed E-state index contributed by atoms with van der Waals surface area (Å²) in [5.41, 5.74) is 0.499. The van der Waals surface area contributed by atoms with E-state index in [1.165, 1.54) is 7.11 Å². The van der Waals surface area contributed by atoms with Gasteiger partial charge in [0.25, 0.3) is 0 Å². The molecule has 0 spiro atoms. The maximum atomic E-state index is 11.6. The van der Waals surface area contributed by atoms with Crippen LogP contribution < -0.4 is 5.32 Å². The Balaban J connectivity index is 2.07. The quantitative estimate of drug-likeness (QED) is 0.820. The largest absolute Gasteiger partial charge is 0.465 e. The number of anilines is 1. The highest BCUT2D eigenvalue weighted by molar-refractivity contribution is 5.94. The fourth-order valence-corrected chi connectivity index (χ4v) is 2.14. The maximum Gasteiger partial charge on any atom is 0.341 e. The van der Waals surface area contributed by atoms with Gasteiger partial charge in [0, 0.05) is 12.2 Å². The van der Waals surface area contributed by atoms with E-state index in [1.54, 1.807) is 18.3 Å². The molecule has 0 bridgehead atoms. The van der Waals surface area contributed by atoms with Crippen molar-refractivity contribution in [2.24, 2.45) is 0 Å². The Morgan fingerprint density at radius 3 is 2.89 bits per heavy atom. The molecule has 2 rings (SSSR count). The number of pyridine rings is 1. The van der Waals surface area contributed by atoms with Gasteiger partial charge in [0.15, 0.2) is 0 Å². The second-order valence-electron chi connectivity index (χ2n) is 4.61. The summed E-state index contributed by atoms with van der Waals surface area (Å²) in [5.74, 6) is 0.275. The molecule has 5 heteroatoms. The lowest BCUT2D eigenvalue weighted by Crippen LogP contribution is -2.37. The number of aromatic nitrogens is 1. The third-order valence-electron chi connectivity index (χ3n) is 3.27. The van der Waals surface area contributed by atoms with E-state index in [1.807, 2.05) is 0 Å². The van der Waals surface area contributed by atoms with Crippen molar-refractivity contribution in [3.8, 4) is 0 Å². The minimum absolute atomic E-state index is 0.349. The van der Waals surface area contributed by atoms with Crippen molar-refractivity contribution >= 4 is 11.8 Å². The highest BCUT2D eigenvalue weighted by Gasteiger charge is 2.19. The number of nitrogens with one attached hydrogen (secondary N) is 1. The van der Waals surface area contributed by atoms with Gasteiger partial charge in [-0.3, -0.25) is 0 Å². The lowest BCUT2D eigenvalue weighted by Gasteiger charge is -2.30. The molecular weight excluding hydrogens is 230 g/mol. The van der Waals surface area contributed by atoms with Crippen LogP contribution in [-0.4, -0.2) is 49.1 Å². The first-order chi connectivity index (χ1) is 8.70. The number of hydrogen-bond acceptors (Lipinski definition) is 5. The van der Waals surface area contributed by atoms with Crippen LogP contribution in [0.5, 0.6) is 0 Å². The first-order valence-corrected chi connectivity index (χ1v) is 6.19. The lowest BCUT2D eigenvalue weighted by atomic mass is 10.1. The van der Waals surface area contributed by atoms with Gasteiger partial charge in [-0.25, -0.2) is 9.78 Å². The molecule has 1 N–H and O–H groups in total. The van der Waals surface area contributed by atoms with Crippen LogP contribution in [-0.2, 0) is 4.74 Å². The van der Waals surface area contributed by atoms with Crippen LogP contribution in [0.25, 0.3) is 0 Å². The number of likely N-dealkylation sites (tertiary alicyclic amines) is 1. The van der Waals surface area contributed by atoms with Gasteiger partial charge in [-0.15, -0.1) is 0 Å². The topological polar surface area (TPSA) is 54.5 Å². The van der Waals surface area contributed by atoms with Crippen molar-refractivity contribution in [2.45, 2.75) is 18.9 Å². The van der Waals surface area contributed by atoms with Gasteiger partial charge in [0.05, 0.1) is 7.11 Å². The third kappa shape index (κ3) is 2.98. The van der Waals surface area contributed by atoms with E-state index >= 15 is 0 Å². The molecule has 1 aromatic heterocycles. The van der Waals surface area contributed by atoms with Gasteiger partial charge in [0.1, 0.15) is 11.4 Å². The molecular formula is C13H19N3O2. The standard InChI is InChI=1S/C13H19N3O2/c1-16-8-5-10(6-9-16)15-12-11(13(17)18-2)4-3-7-14-12/h3-4,7,10H,5-6,8-9H2,1-2H3,(H,14,15). The SMILES string of the molecule is COC(=O)c1cccnc1NC1CCN(C)CC1. The summed E-state index contributed by atoms with van der Waals surface area (Å²) < 4.78 is 4.76. The number of hydrogen-bond donors (Lipinski definition) is 1. The summed E-state index contributed by atoms with van der Waals surface area (Å²) in [4.78, 5) is 18.2. The van der Waals surface area contributed by atoms with E-state index in [4.69, 9.17) is 4.74 Å². The van der Waals surface area contributed by atoms with Crippen molar-refractivity contribution in [1.29, 1.82) is 0 Å². The molecule has 18 heavy (non-hydrogen) atoms. The summed E-state index contributed by atoms with van der Waals surface area (Å²) in [6, 6.07) is 3.85. The van der Waals surface area contributed by atoms with E-state index in [0.29, 0.717) is 17.4 Å². The summed E-state index contributed by atoms with van der Waals surface area (Å²) >= 11 is 0. The van der Waals surface area contributed by atoms with Gasteiger partial charge in [0.2, 0.25) is 0 Å². The fraction of sp³-hybridized carbons (Fsp3) is 0.538. The number of carbonyl (C=O) groups is 1. The van der Waals surface area contributed by atoms with Crippen LogP contribution in [0.4, 0.5) is 5.82 Å². The molecule has 1 aromatic rings. The minimum atomic E-state index is -0.349. The molecule has 0 aromatic carbocycles. The Labute approximate surface area is 107 Å². The molecule has 1 aliphatic rings. The fourth-order valence-electron chi connectivity index (χ4n) is 2.14. The zero-order chi connectivity index (χ0) is 13.0. The molecule has 0 aliphatic carbocycles. The monoisotopic (exact) mass is 249 g/mol. The molecule has 0 amide bonds. The van der Waals surface area contributed by atoms with Crippen LogP contribution in [0.3, 0.4) is 0 Å². The number of nitrogens with zero attached hydrogens (tertiary/aromatic N) is 2. The van der Waals surface area contributed by atoms with E-state index in [9.17, 15) is 4.79 Å². The molecule has 0 radical (unpaired) electrons. The molecule has 0 saturated carbocycles.